The van der Waals surface area contributed by atoms with E-state index in [1.807, 2.05) is 18.7 Å². The van der Waals surface area contributed by atoms with Crippen molar-refractivity contribution in [3.05, 3.63) is 0 Å². The fourth-order valence-corrected chi connectivity index (χ4v) is 1.37. The van der Waals surface area contributed by atoms with Crippen molar-refractivity contribution in [2.45, 2.75) is 40.7 Å². The maximum Gasteiger partial charge on any atom is 0.320 e. The van der Waals surface area contributed by atoms with Gasteiger partial charge in [0.15, 0.2) is 0 Å². The molecule has 0 saturated carbocycles. The largest absolute Gasteiger partial charge is 0.481 e. The molecular formula is C12H23NO4. The Balaban J connectivity index is 4.55. The highest BCUT2D eigenvalue weighted by molar-refractivity contribution is 5.74. The molecule has 0 aromatic rings. The summed E-state index contributed by atoms with van der Waals surface area (Å²) < 4.78 is 4.87. The summed E-state index contributed by atoms with van der Waals surface area (Å²) in [4.78, 5) is 24.3. The van der Waals surface area contributed by atoms with E-state index in [0.29, 0.717) is 13.2 Å². The molecule has 17 heavy (non-hydrogen) atoms. The van der Waals surface area contributed by atoms with Crippen molar-refractivity contribution >= 4 is 11.9 Å². The first-order chi connectivity index (χ1) is 7.70. The number of hydrogen-bond acceptors (Lipinski definition) is 4. The highest BCUT2D eigenvalue weighted by atomic mass is 16.5. The van der Waals surface area contributed by atoms with E-state index in [0.717, 1.165) is 0 Å². The van der Waals surface area contributed by atoms with Crippen molar-refractivity contribution < 1.29 is 19.4 Å². The average molecular weight is 245 g/mol. The Morgan fingerprint density at radius 3 is 2.24 bits per heavy atom. The van der Waals surface area contributed by atoms with Crippen LogP contribution in [0.25, 0.3) is 0 Å². The van der Waals surface area contributed by atoms with Gasteiger partial charge in [-0.3, -0.25) is 14.5 Å². The number of carbonyl (C=O) groups excluding carboxylic acids is 1. The van der Waals surface area contributed by atoms with Gasteiger partial charge in [0.25, 0.3) is 0 Å². The van der Waals surface area contributed by atoms with Gasteiger partial charge in [0.2, 0.25) is 0 Å². The van der Waals surface area contributed by atoms with Gasteiger partial charge >= 0.3 is 11.9 Å². The zero-order valence-corrected chi connectivity index (χ0v) is 11.3. The van der Waals surface area contributed by atoms with Gasteiger partial charge in [-0.25, -0.2) is 0 Å². The third-order valence-electron chi connectivity index (χ3n) is 2.55. The van der Waals surface area contributed by atoms with E-state index >= 15 is 0 Å². The fraction of sp³-hybridized carbons (Fsp3) is 0.833. The molecule has 0 fully saturated rings. The van der Waals surface area contributed by atoms with Crippen LogP contribution >= 0.6 is 0 Å². The molecule has 0 unspecified atom stereocenters. The molecule has 5 nitrogen and oxygen atoms in total. The number of carbonyl (C=O) groups is 2. The van der Waals surface area contributed by atoms with E-state index in [4.69, 9.17) is 9.84 Å². The standard InChI is InChI=1S/C12H23NO4/c1-6-17-10(14)7-13(9(2)3)8-12(4,5)11(15)16/h9H,6-8H2,1-5H3,(H,15,16). The number of rotatable bonds is 7. The summed E-state index contributed by atoms with van der Waals surface area (Å²) >= 11 is 0. The molecule has 1 N–H and O–H groups in total. The lowest BCUT2D eigenvalue weighted by Gasteiger charge is -2.31. The maximum absolute atomic E-state index is 11.4. The summed E-state index contributed by atoms with van der Waals surface area (Å²) in [6.07, 6.45) is 0. The minimum Gasteiger partial charge on any atom is -0.481 e. The van der Waals surface area contributed by atoms with E-state index in [-0.39, 0.29) is 18.6 Å². The Morgan fingerprint density at radius 2 is 1.88 bits per heavy atom. The summed E-state index contributed by atoms with van der Waals surface area (Å²) in [6.45, 7) is 9.69. The number of hydrogen-bond donors (Lipinski definition) is 1. The molecule has 5 heteroatoms. The second-order valence-electron chi connectivity index (χ2n) is 4.99. The monoisotopic (exact) mass is 245 g/mol. The van der Waals surface area contributed by atoms with Gasteiger partial charge in [-0.1, -0.05) is 0 Å². The third-order valence-corrected chi connectivity index (χ3v) is 2.55. The SMILES string of the molecule is CCOC(=O)CN(CC(C)(C)C(=O)O)C(C)C. The number of esters is 1. The highest BCUT2D eigenvalue weighted by Gasteiger charge is 2.31. The van der Waals surface area contributed by atoms with Gasteiger partial charge in [0, 0.05) is 12.6 Å². The van der Waals surface area contributed by atoms with Gasteiger partial charge in [-0.2, -0.15) is 0 Å². The number of ether oxygens (including phenoxy) is 1. The predicted octanol–water partition coefficient (Wildman–Crippen LogP) is 1.37. The molecule has 0 spiro atoms. The molecule has 0 heterocycles. The predicted molar refractivity (Wildman–Crippen MR) is 64.8 cm³/mol. The van der Waals surface area contributed by atoms with Crippen molar-refractivity contribution in [1.29, 1.82) is 0 Å². The lowest BCUT2D eigenvalue weighted by molar-refractivity contribution is -0.151. The van der Waals surface area contributed by atoms with Crippen LogP contribution in [0.15, 0.2) is 0 Å². The Labute approximate surface area is 103 Å². The molecule has 100 valence electrons. The molecule has 0 aliphatic heterocycles. The molecule has 0 radical (unpaired) electrons. The molecule has 0 saturated heterocycles. The van der Waals surface area contributed by atoms with Crippen LogP contribution in [0.2, 0.25) is 0 Å². The normalized spacial score (nSPS) is 11.9. The molecule has 0 aliphatic carbocycles. The molecule has 0 aromatic heterocycles. The molecule has 0 bridgehead atoms. The molecule has 0 aliphatic rings. The maximum atomic E-state index is 11.4. The van der Waals surface area contributed by atoms with Crippen LogP contribution in [-0.2, 0) is 14.3 Å². The smallest absolute Gasteiger partial charge is 0.320 e. The first-order valence-electron chi connectivity index (χ1n) is 5.83. The van der Waals surface area contributed by atoms with Gasteiger partial charge in [0.05, 0.1) is 18.6 Å². The summed E-state index contributed by atoms with van der Waals surface area (Å²) in [5.74, 6) is -1.19. The van der Waals surface area contributed by atoms with Crippen LogP contribution in [0.4, 0.5) is 0 Å². The number of carboxylic acids is 1. The van der Waals surface area contributed by atoms with E-state index in [1.165, 1.54) is 0 Å². The second kappa shape index (κ2) is 6.59. The number of aliphatic carboxylic acids is 1. The Kier molecular flexibility index (Phi) is 6.16. The molecule has 0 amide bonds. The minimum absolute atomic E-state index is 0.0954. The van der Waals surface area contributed by atoms with Gasteiger partial charge in [0.1, 0.15) is 0 Å². The minimum atomic E-state index is -0.878. The number of nitrogens with zero attached hydrogens (tertiary/aromatic N) is 1. The van der Waals surface area contributed by atoms with Crippen molar-refractivity contribution in [2.75, 3.05) is 19.7 Å². The molecule has 0 atom stereocenters. The van der Waals surface area contributed by atoms with Gasteiger partial charge < -0.3 is 9.84 Å². The molecular weight excluding hydrogens is 222 g/mol. The highest BCUT2D eigenvalue weighted by Crippen LogP contribution is 2.18. The second-order valence-corrected chi connectivity index (χ2v) is 4.99. The quantitative estimate of drug-likeness (QED) is 0.686. The Morgan fingerprint density at radius 1 is 1.35 bits per heavy atom. The van der Waals surface area contributed by atoms with Gasteiger partial charge in [-0.15, -0.1) is 0 Å². The summed E-state index contributed by atoms with van der Waals surface area (Å²) in [5, 5.41) is 9.07. The van der Waals surface area contributed by atoms with E-state index < -0.39 is 11.4 Å². The van der Waals surface area contributed by atoms with E-state index in [1.54, 1.807) is 20.8 Å². The van der Waals surface area contributed by atoms with Crippen molar-refractivity contribution in [3.63, 3.8) is 0 Å². The lowest BCUT2D eigenvalue weighted by Crippen LogP contribution is -2.45. The summed E-state index contributed by atoms with van der Waals surface area (Å²) in [7, 11) is 0. The number of carboxylic acid groups (broad SMARTS) is 1. The first kappa shape index (κ1) is 15.9. The van der Waals surface area contributed by atoms with E-state index in [2.05, 4.69) is 0 Å². The summed E-state index contributed by atoms with van der Waals surface area (Å²) in [5.41, 5.74) is -0.878. The zero-order valence-electron chi connectivity index (χ0n) is 11.3. The summed E-state index contributed by atoms with van der Waals surface area (Å²) in [6, 6.07) is 0.0954. The first-order valence-corrected chi connectivity index (χ1v) is 5.83. The van der Waals surface area contributed by atoms with Crippen LogP contribution in [0.3, 0.4) is 0 Å². The van der Waals surface area contributed by atoms with Crippen molar-refractivity contribution in [3.8, 4) is 0 Å². The average Bonchev–Trinajstić information content (AvgIpc) is 2.16. The Hall–Kier alpha value is -1.10. The van der Waals surface area contributed by atoms with Crippen molar-refractivity contribution in [2.24, 2.45) is 5.41 Å². The van der Waals surface area contributed by atoms with Crippen LogP contribution in [0.5, 0.6) is 0 Å². The van der Waals surface area contributed by atoms with E-state index in [9.17, 15) is 9.59 Å². The third kappa shape index (κ3) is 5.68. The lowest BCUT2D eigenvalue weighted by atomic mass is 9.92. The van der Waals surface area contributed by atoms with Gasteiger partial charge in [-0.05, 0) is 34.6 Å². The Bertz CT molecular complexity index is 274. The molecule has 0 rings (SSSR count). The fourth-order valence-electron chi connectivity index (χ4n) is 1.37. The molecule has 0 aromatic carbocycles. The topological polar surface area (TPSA) is 66.8 Å². The van der Waals surface area contributed by atoms with Crippen LogP contribution in [-0.4, -0.2) is 47.7 Å². The van der Waals surface area contributed by atoms with Crippen LogP contribution < -0.4 is 0 Å². The van der Waals surface area contributed by atoms with Crippen LogP contribution in [0, 0.1) is 5.41 Å². The van der Waals surface area contributed by atoms with Crippen molar-refractivity contribution in [1.82, 2.24) is 4.90 Å². The zero-order chi connectivity index (χ0) is 13.6. The van der Waals surface area contributed by atoms with Crippen LogP contribution in [0.1, 0.15) is 34.6 Å².